The van der Waals surface area contributed by atoms with E-state index in [1.807, 2.05) is 31.4 Å². The number of anilines is 1. The van der Waals surface area contributed by atoms with Gasteiger partial charge in [0.1, 0.15) is 5.75 Å². The van der Waals surface area contributed by atoms with E-state index in [1.54, 1.807) is 23.3 Å². The van der Waals surface area contributed by atoms with E-state index < -0.39 is 0 Å². The van der Waals surface area contributed by atoms with Crippen LogP contribution in [-0.4, -0.2) is 14.8 Å². The number of benzene rings is 1. The molecule has 0 aliphatic heterocycles. The van der Waals surface area contributed by atoms with Gasteiger partial charge in [-0.2, -0.15) is 5.10 Å². The topological polar surface area (TPSA) is 66.0 Å². The molecular weight excluding hydrogens is 228 g/mol. The highest BCUT2D eigenvalue weighted by atomic mass is 16.5. The predicted octanol–water partition coefficient (Wildman–Crippen LogP) is 2.34. The Morgan fingerprint density at radius 2 is 2.06 bits per heavy atom. The summed E-state index contributed by atoms with van der Waals surface area (Å²) in [5.41, 5.74) is 6.60. The zero-order valence-electron chi connectivity index (χ0n) is 9.87. The van der Waals surface area contributed by atoms with Crippen LogP contribution < -0.4 is 10.5 Å². The monoisotopic (exact) mass is 240 g/mol. The minimum Gasteiger partial charge on any atom is -0.453 e. The Bertz CT molecular complexity index is 705. The van der Waals surface area contributed by atoms with Gasteiger partial charge in [0.2, 0.25) is 0 Å². The van der Waals surface area contributed by atoms with Crippen molar-refractivity contribution in [2.45, 2.75) is 0 Å². The second-order valence-electron chi connectivity index (χ2n) is 4.03. The number of aryl methyl sites for hydroxylation is 1. The molecule has 0 aliphatic rings. The molecule has 0 saturated heterocycles. The summed E-state index contributed by atoms with van der Waals surface area (Å²) in [6.07, 6.45) is 6.94. The van der Waals surface area contributed by atoms with Gasteiger partial charge in [-0.3, -0.25) is 9.67 Å². The van der Waals surface area contributed by atoms with Crippen LogP contribution in [0, 0.1) is 0 Å². The Balaban J connectivity index is 2.09. The largest absolute Gasteiger partial charge is 0.453 e. The normalized spacial score (nSPS) is 10.7. The molecule has 0 bridgehead atoms. The average Bonchev–Trinajstić information content (AvgIpc) is 2.79. The van der Waals surface area contributed by atoms with Gasteiger partial charge in [-0.1, -0.05) is 0 Å². The van der Waals surface area contributed by atoms with Gasteiger partial charge in [0.05, 0.1) is 12.4 Å². The van der Waals surface area contributed by atoms with Crippen LogP contribution in [0.2, 0.25) is 0 Å². The van der Waals surface area contributed by atoms with E-state index in [-0.39, 0.29) is 0 Å². The van der Waals surface area contributed by atoms with E-state index >= 15 is 0 Å². The number of hydrogen-bond donors (Lipinski definition) is 1. The lowest BCUT2D eigenvalue weighted by molar-refractivity contribution is 0.487. The van der Waals surface area contributed by atoms with E-state index in [1.165, 1.54) is 0 Å². The number of fused-ring (bicyclic) bond motifs is 1. The van der Waals surface area contributed by atoms with E-state index in [0.29, 0.717) is 11.4 Å². The van der Waals surface area contributed by atoms with Crippen molar-refractivity contribution in [3.05, 3.63) is 43.0 Å². The smallest absolute Gasteiger partial charge is 0.165 e. The number of aromatic nitrogens is 3. The third-order valence-electron chi connectivity index (χ3n) is 2.72. The van der Waals surface area contributed by atoms with E-state index in [0.717, 1.165) is 16.5 Å². The number of nitrogen functional groups attached to an aromatic ring is 1. The van der Waals surface area contributed by atoms with E-state index in [4.69, 9.17) is 10.5 Å². The van der Waals surface area contributed by atoms with Gasteiger partial charge in [0, 0.05) is 35.9 Å². The number of pyridine rings is 1. The molecule has 18 heavy (non-hydrogen) atoms. The Kier molecular flexibility index (Phi) is 2.37. The second kappa shape index (κ2) is 4.03. The van der Waals surface area contributed by atoms with Crippen LogP contribution in [-0.2, 0) is 7.05 Å². The lowest BCUT2D eigenvalue weighted by Gasteiger charge is -2.08. The summed E-state index contributed by atoms with van der Waals surface area (Å²) in [7, 11) is 1.85. The zero-order valence-corrected chi connectivity index (χ0v) is 9.87. The first-order valence-corrected chi connectivity index (χ1v) is 5.53. The van der Waals surface area contributed by atoms with Crippen molar-refractivity contribution in [2.24, 2.45) is 7.05 Å². The minimum atomic E-state index is 0.691. The minimum absolute atomic E-state index is 0.691. The standard InChI is InChI=1S/C13H12N4O/c1-17-8-9(6-16-17)18-13-3-2-12(14)11-7-15-5-4-10(11)13/h2-8H,14H2,1H3. The highest BCUT2D eigenvalue weighted by Crippen LogP contribution is 2.32. The van der Waals surface area contributed by atoms with Crippen LogP contribution in [0.15, 0.2) is 43.0 Å². The van der Waals surface area contributed by atoms with Crippen molar-refractivity contribution in [3.63, 3.8) is 0 Å². The van der Waals surface area contributed by atoms with Gasteiger partial charge in [-0.15, -0.1) is 0 Å². The maximum atomic E-state index is 5.91. The molecule has 0 aliphatic carbocycles. The lowest BCUT2D eigenvalue weighted by atomic mass is 10.1. The molecule has 0 atom stereocenters. The molecule has 2 aromatic heterocycles. The lowest BCUT2D eigenvalue weighted by Crippen LogP contribution is -1.91. The summed E-state index contributed by atoms with van der Waals surface area (Å²) in [5, 5.41) is 5.89. The molecule has 0 saturated carbocycles. The molecule has 3 rings (SSSR count). The summed E-state index contributed by atoms with van der Waals surface area (Å²) >= 11 is 0. The van der Waals surface area contributed by atoms with Crippen LogP contribution in [0.1, 0.15) is 0 Å². The molecule has 2 N–H and O–H groups in total. The van der Waals surface area contributed by atoms with Crippen molar-refractivity contribution < 1.29 is 4.74 Å². The first kappa shape index (κ1) is 10.6. The van der Waals surface area contributed by atoms with E-state index in [2.05, 4.69) is 10.1 Å². The van der Waals surface area contributed by atoms with Gasteiger partial charge >= 0.3 is 0 Å². The number of ether oxygens (including phenoxy) is 1. The number of rotatable bonds is 2. The Hall–Kier alpha value is -2.56. The maximum absolute atomic E-state index is 5.91. The molecule has 0 spiro atoms. The molecule has 2 heterocycles. The summed E-state index contributed by atoms with van der Waals surface area (Å²) in [5.74, 6) is 1.44. The van der Waals surface area contributed by atoms with Gasteiger partial charge in [0.25, 0.3) is 0 Å². The highest BCUT2D eigenvalue weighted by molar-refractivity contribution is 5.96. The van der Waals surface area contributed by atoms with Crippen molar-refractivity contribution >= 4 is 16.5 Å². The summed E-state index contributed by atoms with van der Waals surface area (Å²) < 4.78 is 7.49. The van der Waals surface area contributed by atoms with Crippen molar-refractivity contribution in [1.82, 2.24) is 14.8 Å². The first-order chi connectivity index (χ1) is 8.74. The van der Waals surface area contributed by atoms with Gasteiger partial charge in [0.15, 0.2) is 5.75 Å². The predicted molar refractivity (Wildman–Crippen MR) is 69.4 cm³/mol. The van der Waals surface area contributed by atoms with Crippen molar-refractivity contribution in [1.29, 1.82) is 0 Å². The van der Waals surface area contributed by atoms with Gasteiger partial charge in [-0.05, 0) is 18.2 Å². The summed E-state index contributed by atoms with van der Waals surface area (Å²) in [6.45, 7) is 0. The molecule has 0 amide bonds. The molecular formula is C13H12N4O. The van der Waals surface area contributed by atoms with Crippen LogP contribution in [0.5, 0.6) is 11.5 Å². The number of nitrogens with zero attached hydrogens (tertiary/aromatic N) is 3. The Morgan fingerprint density at radius 1 is 1.17 bits per heavy atom. The third-order valence-corrected chi connectivity index (χ3v) is 2.72. The molecule has 5 nitrogen and oxygen atoms in total. The number of hydrogen-bond acceptors (Lipinski definition) is 4. The van der Waals surface area contributed by atoms with Gasteiger partial charge < -0.3 is 10.5 Å². The average molecular weight is 240 g/mol. The van der Waals surface area contributed by atoms with Crippen molar-refractivity contribution in [2.75, 3.05) is 5.73 Å². The maximum Gasteiger partial charge on any atom is 0.165 e. The summed E-state index contributed by atoms with van der Waals surface area (Å²) in [6, 6.07) is 5.55. The molecule has 0 fully saturated rings. The highest BCUT2D eigenvalue weighted by Gasteiger charge is 2.07. The van der Waals surface area contributed by atoms with Crippen LogP contribution in [0.3, 0.4) is 0 Å². The van der Waals surface area contributed by atoms with Crippen LogP contribution in [0.25, 0.3) is 10.8 Å². The quantitative estimate of drug-likeness (QED) is 0.698. The third kappa shape index (κ3) is 1.75. The molecule has 5 heteroatoms. The second-order valence-corrected chi connectivity index (χ2v) is 4.03. The molecule has 90 valence electrons. The summed E-state index contributed by atoms with van der Waals surface area (Å²) in [4.78, 5) is 4.07. The SMILES string of the molecule is Cn1cc(Oc2ccc(N)c3cnccc23)cn1. The first-order valence-electron chi connectivity index (χ1n) is 5.53. The fourth-order valence-electron chi connectivity index (χ4n) is 1.85. The Morgan fingerprint density at radius 3 is 2.83 bits per heavy atom. The molecule has 3 aromatic rings. The van der Waals surface area contributed by atoms with Gasteiger partial charge in [-0.25, -0.2) is 0 Å². The van der Waals surface area contributed by atoms with E-state index in [9.17, 15) is 0 Å². The fourth-order valence-corrected chi connectivity index (χ4v) is 1.85. The number of nitrogens with two attached hydrogens (primary N) is 1. The molecule has 1 aromatic carbocycles. The zero-order chi connectivity index (χ0) is 12.5. The van der Waals surface area contributed by atoms with Crippen molar-refractivity contribution in [3.8, 4) is 11.5 Å². The Labute approximate surface area is 104 Å². The van der Waals surface area contributed by atoms with Crippen LogP contribution >= 0.6 is 0 Å². The fraction of sp³-hybridized carbons (Fsp3) is 0.0769. The molecule has 0 unspecified atom stereocenters. The van der Waals surface area contributed by atoms with Crippen LogP contribution in [0.4, 0.5) is 5.69 Å². The molecule has 0 radical (unpaired) electrons.